The van der Waals surface area contributed by atoms with Crippen LogP contribution in [0.25, 0.3) is 0 Å². The third-order valence-corrected chi connectivity index (χ3v) is 2.29. The van der Waals surface area contributed by atoms with Crippen molar-refractivity contribution in [2.75, 3.05) is 6.61 Å². The number of esters is 1. The first kappa shape index (κ1) is 12.1. The summed E-state index contributed by atoms with van der Waals surface area (Å²) >= 11 is 3.28. The fraction of sp³-hybridized carbons (Fsp3) is 0.400. The van der Waals surface area contributed by atoms with E-state index >= 15 is 0 Å². The molecule has 0 radical (unpaired) electrons. The topological polar surface area (TPSA) is 65.2 Å². The molecule has 0 saturated carbocycles. The van der Waals surface area contributed by atoms with Gasteiger partial charge in [0.25, 0.3) is 0 Å². The minimum absolute atomic E-state index is 0.155. The number of aromatic nitrogens is 1. The third kappa shape index (κ3) is 3.97. The van der Waals surface area contributed by atoms with Crippen molar-refractivity contribution in [1.29, 1.82) is 0 Å². The number of carbonyl (C=O) groups is 1. The monoisotopic (exact) mass is 272 g/mol. The number of nitrogens with zero attached hydrogens (tertiary/aromatic N) is 1. The first-order chi connectivity index (χ1) is 7.13. The zero-order chi connectivity index (χ0) is 11.3. The van der Waals surface area contributed by atoms with Crippen molar-refractivity contribution >= 4 is 21.9 Å². The van der Waals surface area contributed by atoms with E-state index in [-0.39, 0.29) is 12.4 Å². The van der Waals surface area contributed by atoms with Gasteiger partial charge in [0.15, 0.2) is 0 Å². The number of nitrogens with two attached hydrogens (primary N) is 1. The van der Waals surface area contributed by atoms with Gasteiger partial charge in [-0.1, -0.05) is 0 Å². The molecule has 1 atom stereocenters. The minimum atomic E-state index is -0.405. The van der Waals surface area contributed by atoms with E-state index < -0.39 is 6.04 Å². The van der Waals surface area contributed by atoms with Gasteiger partial charge < -0.3 is 10.5 Å². The average molecular weight is 273 g/mol. The second-order valence-electron chi connectivity index (χ2n) is 3.02. The highest BCUT2D eigenvalue weighted by Crippen LogP contribution is 2.14. The molecule has 0 spiro atoms. The molecule has 0 aliphatic heterocycles. The molecule has 82 valence electrons. The molecule has 1 rings (SSSR count). The van der Waals surface area contributed by atoms with Crippen LogP contribution >= 0.6 is 15.9 Å². The summed E-state index contributed by atoms with van der Waals surface area (Å²) in [6.07, 6.45) is 1.81. The van der Waals surface area contributed by atoms with Gasteiger partial charge in [-0.3, -0.25) is 9.78 Å². The zero-order valence-corrected chi connectivity index (χ0v) is 10.0. The van der Waals surface area contributed by atoms with Crippen LogP contribution in [0.3, 0.4) is 0 Å². The Morgan fingerprint density at radius 1 is 1.67 bits per heavy atom. The number of hydrogen-bond acceptors (Lipinski definition) is 4. The lowest BCUT2D eigenvalue weighted by molar-refractivity contribution is -0.143. The van der Waals surface area contributed by atoms with Crippen molar-refractivity contribution in [3.63, 3.8) is 0 Å². The molecule has 5 heteroatoms. The Bertz CT molecular complexity index is 327. The standard InChI is InChI=1S/C10H13BrN2O2/c1-2-15-10(14)5-8(12)9-4-3-7(11)6-13-9/h3-4,6,8H,2,5,12H2,1H3/t8-/m0/s1. The molecule has 0 amide bonds. The van der Waals surface area contributed by atoms with E-state index in [1.807, 2.05) is 6.07 Å². The highest BCUT2D eigenvalue weighted by molar-refractivity contribution is 9.10. The largest absolute Gasteiger partial charge is 0.466 e. The number of halogens is 1. The number of hydrogen-bond donors (Lipinski definition) is 1. The summed E-state index contributed by atoms with van der Waals surface area (Å²) in [4.78, 5) is 15.3. The fourth-order valence-electron chi connectivity index (χ4n) is 1.11. The SMILES string of the molecule is CCOC(=O)C[C@H](N)c1ccc(Br)cn1. The van der Waals surface area contributed by atoms with Gasteiger partial charge in [0.2, 0.25) is 0 Å². The van der Waals surface area contributed by atoms with E-state index in [1.54, 1.807) is 19.2 Å². The second kappa shape index (κ2) is 5.82. The number of carbonyl (C=O) groups excluding carboxylic acids is 1. The van der Waals surface area contributed by atoms with Crippen LogP contribution in [0.1, 0.15) is 25.1 Å². The van der Waals surface area contributed by atoms with Gasteiger partial charge in [0.1, 0.15) is 0 Å². The summed E-state index contributed by atoms with van der Waals surface area (Å²) in [5, 5.41) is 0. The smallest absolute Gasteiger partial charge is 0.307 e. The summed E-state index contributed by atoms with van der Waals surface area (Å²) in [5.74, 6) is -0.297. The van der Waals surface area contributed by atoms with Gasteiger partial charge in [0, 0.05) is 10.7 Å². The molecule has 1 heterocycles. The van der Waals surface area contributed by atoms with Gasteiger partial charge in [-0.05, 0) is 35.0 Å². The van der Waals surface area contributed by atoms with E-state index in [4.69, 9.17) is 10.5 Å². The normalized spacial score (nSPS) is 12.2. The first-order valence-electron chi connectivity index (χ1n) is 4.66. The molecule has 0 saturated heterocycles. The lowest BCUT2D eigenvalue weighted by Crippen LogP contribution is -2.18. The maximum absolute atomic E-state index is 11.2. The summed E-state index contributed by atoms with van der Waals surface area (Å²) < 4.78 is 5.69. The molecule has 0 aromatic carbocycles. The van der Waals surface area contributed by atoms with E-state index in [0.29, 0.717) is 12.3 Å². The summed E-state index contributed by atoms with van der Waals surface area (Å²) in [6, 6.07) is 3.22. The predicted molar refractivity (Wildman–Crippen MR) is 60.1 cm³/mol. The second-order valence-corrected chi connectivity index (χ2v) is 3.93. The molecule has 4 nitrogen and oxygen atoms in total. The molecule has 0 fully saturated rings. The van der Waals surface area contributed by atoms with Gasteiger partial charge in [-0.15, -0.1) is 0 Å². The number of rotatable bonds is 4. The highest BCUT2D eigenvalue weighted by Gasteiger charge is 2.13. The fourth-order valence-corrected chi connectivity index (χ4v) is 1.35. The first-order valence-corrected chi connectivity index (χ1v) is 5.45. The van der Waals surface area contributed by atoms with Crippen molar-refractivity contribution in [3.05, 3.63) is 28.5 Å². The molecule has 0 unspecified atom stereocenters. The predicted octanol–water partition coefficient (Wildman–Crippen LogP) is 1.80. The summed E-state index contributed by atoms with van der Waals surface area (Å²) in [7, 11) is 0. The maximum Gasteiger partial charge on any atom is 0.307 e. The van der Waals surface area contributed by atoms with Crippen LogP contribution in [0.5, 0.6) is 0 Å². The van der Waals surface area contributed by atoms with Crippen molar-refractivity contribution in [1.82, 2.24) is 4.98 Å². The molecule has 1 aromatic heterocycles. The molecule has 2 N–H and O–H groups in total. The van der Waals surface area contributed by atoms with Gasteiger partial charge in [-0.25, -0.2) is 0 Å². The minimum Gasteiger partial charge on any atom is -0.466 e. The number of pyridine rings is 1. The lowest BCUT2D eigenvalue weighted by Gasteiger charge is -2.09. The van der Waals surface area contributed by atoms with Gasteiger partial charge in [0.05, 0.1) is 24.8 Å². The molecule has 1 aromatic rings. The zero-order valence-electron chi connectivity index (χ0n) is 8.44. The average Bonchev–Trinajstić information content (AvgIpc) is 2.18. The highest BCUT2D eigenvalue weighted by atomic mass is 79.9. The summed E-state index contributed by atoms with van der Waals surface area (Å²) in [6.45, 7) is 2.14. The van der Waals surface area contributed by atoms with E-state index in [1.165, 1.54) is 0 Å². The Labute approximate surface area is 97.0 Å². The van der Waals surface area contributed by atoms with Crippen molar-refractivity contribution in [3.8, 4) is 0 Å². The summed E-state index contributed by atoms with van der Waals surface area (Å²) in [5.41, 5.74) is 6.48. The van der Waals surface area contributed by atoms with Crippen LogP contribution in [-0.2, 0) is 9.53 Å². The van der Waals surface area contributed by atoms with Gasteiger partial charge in [-0.2, -0.15) is 0 Å². The maximum atomic E-state index is 11.2. The van der Waals surface area contributed by atoms with Crippen molar-refractivity contribution in [2.24, 2.45) is 5.73 Å². The van der Waals surface area contributed by atoms with Crippen LogP contribution in [0.2, 0.25) is 0 Å². The molecule has 0 aliphatic rings. The molecular weight excluding hydrogens is 260 g/mol. The number of ether oxygens (including phenoxy) is 1. The van der Waals surface area contributed by atoms with Gasteiger partial charge >= 0.3 is 5.97 Å². The Morgan fingerprint density at radius 2 is 2.40 bits per heavy atom. The quantitative estimate of drug-likeness (QED) is 0.849. The third-order valence-electron chi connectivity index (χ3n) is 1.82. The van der Waals surface area contributed by atoms with E-state index in [2.05, 4.69) is 20.9 Å². The molecule has 15 heavy (non-hydrogen) atoms. The Balaban J connectivity index is 2.57. The van der Waals surface area contributed by atoms with Crippen LogP contribution in [0.4, 0.5) is 0 Å². The molecule has 0 aliphatic carbocycles. The Hall–Kier alpha value is -0.940. The van der Waals surface area contributed by atoms with Crippen LogP contribution in [-0.4, -0.2) is 17.6 Å². The van der Waals surface area contributed by atoms with E-state index in [0.717, 1.165) is 4.47 Å². The molecule has 0 bridgehead atoms. The van der Waals surface area contributed by atoms with Crippen LogP contribution < -0.4 is 5.73 Å². The van der Waals surface area contributed by atoms with E-state index in [9.17, 15) is 4.79 Å². The Morgan fingerprint density at radius 3 is 2.93 bits per heavy atom. The van der Waals surface area contributed by atoms with Crippen LogP contribution in [0, 0.1) is 0 Å². The van der Waals surface area contributed by atoms with Crippen LogP contribution in [0.15, 0.2) is 22.8 Å². The lowest BCUT2D eigenvalue weighted by atomic mass is 10.1. The Kier molecular flexibility index (Phi) is 4.71. The van der Waals surface area contributed by atoms with Crippen molar-refractivity contribution in [2.45, 2.75) is 19.4 Å². The van der Waals surface area contributed by atoms with Crippen molar-refractivity contribution < 1.29 is 9.53 Å². The molecular formula is C10H13BrN2O2.